The summed E-state index contributed by atoms with van der Waals surface area (Å²) in [4.78, 5) is 15.9. The molecule has 0 bridgehead atoms. The predicted molar refractivity (Wildman–Crippen MR) is 95.0 cm³/mol. The molecule has 1 aromatic carbocycles. The van der Waals surface area contributed by atoms with Crippen molar-refractivity contribution in [3.05, 3.63) is 48.3 Å². The van der Waals surface area contributed by atoms with E-state index in [2.05, 4.69) is 40.0 Å². The van der Waals surface area contributed by atoms with Crippen LogP contribution < -0.4 is 4.90 Å². The second-order valence-corrected chi connectivity index (χ2v) is 6.31. The van der Waals surface area contributed by atoms with Gasteiger partial charge in [-0.25, -0.2) is 9.97 Å². The molecule has 1 atom stereocenters. The molecule has 0 spiro atoms. The van der Waals surface area contributed by atoms with E-state index >= 15 is 0 Å². The van der Waals surface area contributed by atoms with Crippen molar-refractivity contribution in [2.24, 2.45) is 0 Å². The van der Waals surface area contributed by atoms with Crippen LogP contribution >= 0.6 is 0 Å². The molecule has 1 aliphatic rings. The zero-order chi connectivity index (χ0) is 16.5. The van der Waals surface area contributed by atoms with Crippen LogP contribution in [-0.2, 0) is 0 Å². The molecule has 1 N–H and O–H groups in total. The van der Waals surface area contributed by atoms with Crippen molar-refractivity contribution in [2.45, 2.75) is 25.9 Å². The standard InChI is InChI=1S/C19H20N4O/c1-13-6-7-16(15-5-2-9-20-18(13)15)19-21-10-8-17(22-19)23-11-3-4-14(24)12-23/h2,5-10,14,24H,3-4,11-12H2,1H3. The molecule has 24 heavy (non-hydrogen) atoms. The number of hydrogen-bond acceptors (Lipinski definition) is 5. The Morgan fingerprint density at radius 2 is 2.04 bits per heavy atom. The second kappa shape index (κ2) is 6.17. The minimum absolute atomic E-state index is 0.276. The van der Waals surface area contributed by atoms with Gasteiger partial charge >= 0.3 is 0 Å². The van der Waals surface area contributed by atoms with Crippen molar-refractivity contribution >= 4 is 16.7 Å². The predicted octanol–water partition coefficient (Wildman–Crippen LogP) is 2.96. The summed E-state index contributed by atoms with van der Waals surface area (Å²) in [5, 5.41) is 11.0. The third-order valence-corrected chi connectivity index (χ3v) is 4.57. The lowest BCUT2D eigenvalue weighted by atomic mass is 10.0. The molecule has 122 valence electrons. The number of piperidine rings is 1. The van der Waals surface area contributed by atoms with Gasteiger partial charge in [0.15, 0.2) is 5.82 Å². The molecule has 1 aliphatic heterocycles. The van der Waals surface area contributed by atoms with Gasteiger partial charge in [-0.15, -0.1) is 0 Å². The average Bonchev–Trinajstić information content (AvgIpc) is 2.62. The van der Waals surface area contributed by atoms with Crippen molar-refractivity contribution in [1.82, 2.24) is 15.0 Å². The Bertz CT molecular complexity index is 880. The molecule has 2 aromatic heterocycles. The average molecular weight is 320 g/mol. The molecule has 3 heterocycles. The Morgan fingerprint density at radius 1 is 1.12 bits per heavy atom. The van der Waals surface area contributed by atoms with Gasteiger partial charge in [-0.2, -0.15) is 0 Å². The number of benzene rings is 1. The van der Waals surface area contributed by atoms with Crippen LogP contribution in [0.5, 0.6) is 0 Å². The molecule has 5 heteroatoms. The zero-order valence-electron chi connectivity index (χ0n) is 13.7. The van der Waals surface area contributed by atoms with E-state index in [1.165, 1.54) is 0 Å². The maximum absolute atomic E-state index is 9.91. The number of fused-ring (bicyclic) bond motifs is 1. The van der Waals surface area contributed by atoms with Crippen LogP contribution in [0.4, 0.5) is 5.82 Å². The van der Waals surface area contributed by atoms with Crippen molar-refractivity contribution in [3.8, 4) is 11.4 Å². The van der Waals surface area contributed by atoms with Crippen LogP contribution in [0.15, 0.2) is 42.7 Å². The highest BCUT2D eigenvalue weighted by Gasteiger charge is 2.19. The molecular weight excluding hydrogens is 300 g/mol. The maximum atomic E-state index is 9.91. The summed E-state index contributed by atoms with van der Waals surface area (Å²) in [6, 6.07) is 10.0. The molecule has 1 unspecified atom stereocenters. The van der Waals surface area contributed by atoms with Crippen molar-refractivity contribution in [3.63, 3.8) is 0 Å². The SMILES string of the molecule is Cc1ccc(-c2nccc(N3CCCC(O)C3)n2)c2cccnc12. The van der Waals surface area contributed by atoms with Gasteiger partial charge in [0.05, 0.1) is 11.6 Å². The van der Waals surface area contributed by atoms with Gasteiger partial charge < -0.3 is 10.0 Å². The molecule has 0 aliphatic carbocycles. The Labute approximate surface area is 141 Å². The summed E-state index contributed by atoms with van der Waals surface area (Å²) in [6.45, 7) is 3.61. The summed E-state index contributed by atoms with van der Waals surface area (Å²) in [7, 11) is 0. The molecule has 0 radical (unpaired) electrons. The zero-order valence-corrected chi connectivity index (χ0v) is 13.7. The molecular formula is C19H20N4O. The summed E-state index contributed by atoms with van der Waals surface area (Å²) in [6.07, 6.45) is 5.17. The molecule has 5 nitrogen and oxygen atoms in total. The molecule has 0 saturated carbocycles. The highest BCUT2D eigenvalue weighted by molar-refractivity contribution is 5.94. The Hall–Kier alpha value is -2.53. The lowest BCUT2D eigenvalue weighted by Crippen LogP contribution is -2.38. The number of aryl methyl sites for hydroxylation is 1. The van der Waals surface area contributed by atoms with Crippen LogP contribution in [0.2, 0.25) is 0 Å². The van der Waals surface area contributed by atoms with Crippen molar-refractivity contribution < 1.29 is 5.11 Å². The Balaban J connectivity index is 1.78. The largest absolute Gasteiger partial charge is 0.391 e. The molecule has 1 saturated heterocycles. The number of aliphatic hydroxyl groups is 1. The maximum Gasteiger partial charge on any atom is 0.162 e. The second-order valence-electron chi connectivity index (χ2n) is 6.31. The molecule has 3 aromatic rings. The molecule has 1 fully saturated rings. The third kappa shape index (κ3) is 2.71. The first kappa shape index (κ1) is 15.0. The lowest BCUT2D eigenvalue weighted by Gasteiger charge is -2.31. The van der Waals surface area contributed by atoms with Gasteiger partial charge in [-0.1, -0.05) is 18.2 Å². The van der Waals surface area contributed by atoms with Gasteiger partial charge in [0.1, 0.15) is 5.82 Å². The summed E-state index contributed by atoms with van der Waals surface area (Å²) < 4.78 is 0. The van der Waals surface area contributed by atoms with Crippen LogP contribution in [0, 0.1) is 6.92 Å². The smallest absolute Gasteiger partial charge is 0.162 e. The summed E-state index contributed by atoms with van der Waals surface area (Å²) in [5.74, 6) is 1.57. The van der Waals surface area contributed by atoms with Gasteiger partial charge in [-0.05, 0) is 37.5 Å². The number of anilines is 1. The van der Waals surface area contributed by atoms with Gasteiger partial charge in [-0.3, -0.25) is 4.98 Å². The molecule has 4 rings (SSSR count). The number of β-amino-alcohol motifs (C(OH)–C–C–N with tert-alkyl or cyclic N) is 1. The fourth-order valence-corrected chi connectivity index (χ4v) is 3.33. The monoisotopic (exact) mass is 320 g/mol. The van der Waals surface area contributed by atoms with E-state index < -0.39 is 0 Å². The van der Waals surface area contributed by atoms with Crippen LogP contribution in [-0.4, -0.2) is 39.3 Å². The minimum atomic E-state index is -0.276. The van der Waals surface area contributed by atoms with Crippen LogP contribution in [0.25, 0.3) is 22.3 Å². The number of aliphatic hydroxyl groups excluding tert-OH is 1. The number of nitrogens with zero attached hydrogens (tertiary/aromatic N) is 4. The highest BCUT2D eigenvalue weighted by Crippen LogP contribution is 2.28. The van der Waals surface area contributed by atoms with E-state index in [0.29, 0.717) is 12.4 Å². The van der Waals surface area contributed by atoms with E-state index in [0.717, 1.165) is 47.2 Å². The van der Waals surface area contributed by atoms with Crippen LogP contribution in [0.1, 0.15) is 18.4 Å². The van der Waals surface area contributed by atoms with E-state index in [9.17, 15) is 5.11 Å². The number of aromatic nitrogens is 3. The summed E-state index contributed by atoms with van der Waals surface area (Å²) in [5.41, 5.74) is 3.12. The van der Waals surface area contributed by atoms with Crippen molar-refractivity contribution in [1.29, 1.82) is 0 Å². The van der Waals surface area contributed by atoms with Gasteiger partial charge in [0.2, 0.25) is 0 Å². The van der Waals surface area contributed by atoms with Crippen LogP contribution in [0.3, 0.4) is 0 Å². The normalized spacial score (nSPS) is 18.1. The number of rotatable bonds is 2. The number of pyridine rings is 1. The fourth-order valence-electron chi connectivity index (χ4n) is 3.33. The van der Waals surface area contributed by atoms with Gasteiger partial charge in [0, 0.05) is 36.4 Å². The highest BCUT2D eigenvalue weighted by atomic mass is 16.3. The quantitative estimate of drug-likeness (QED) is 0.786. The first-order chi connectivity index (χ1) is 11.7. The first-order valence-electron chi connectivity index (χ1n) is 8.33. The number of hydrogen-bond donors (Lipinski definition) is 1. The first-order valence-corrected chi connectivity index (χ1v) is 8.33. The fraction of sp³-hybridized carbons (Fsp3) is 0.316. The Morgan fingerprint density at radius 3 is 2.92 bits per heavy atom. The van der Waals surface area contributed by atoms with E-state index in [1.54, 1.807) is 6.20 Å². The van der Waals surface area contributed by atoms with Gasteiger partial charge in [0.25, 0.3) is 0 Å². The van der Waals surface area contributed by atoms with E-state index in [-0.39, 0.29) is 6.10 Å². The Kier molecular flexibility index (Phi) is 3.86. The lowest BCUT2D eigenvalue weighted by molar-refractivity contribution is 0.154. The topological polar surface area (TPSA) is 62.1 Å². The minimum Gasteiger partial charge on any atom is -0.391 e. The van der Waals surface area contributed by atoms with Crippen molar-refractivity contribution in [2.75, 3.05) is 18.0 Å². The van der Waals surface area contributed by atoms with E-state index in [1.807, 2.05) is 18.3 Å². The summed E-state index contributed by atoms with van der Waals surface area (Å²) >= 11 is 0. The third-order valence-electron chi connectivity index (χ3n) is 4.57. The van der Waals surface area contributed by atoms with E-state index in [4.69, 9.17) is 4.98 Å². The molecule has 0 amide bonds.